The molecule has 0 bridgehead atoms. The van der Waals surface area contributed by atoms with Crippen LogP contribution in [0.15, 0.2) is 42.7 Å². The summed E-state index contributed by atoms with van der Waals surface area (Å²) in [5.74, 6) is 1.27. The van der Waals surface area contributed by atoms with E-state index in [9.17, 15) is 9.59 Å². The molecule has 0 saturated carbocycles. The number of hydrogen-bond acceptors (Lipinski definition) is 4. The minimum Gasteiger partial charge on any atom is -0.343 e. The van der Waals surface area contributed by atoms with E-state index in [1.165, 1.54) is 0 Å². The average Bonchev–Trinajstić information content (AvgIpc) is 2.68. The van der Waals surface area contributed by atoms with Crippen molar-refractivity contribution in [1.29, 1.82) is 0 Å². The van der Waals surface area contributed by atoms with E-state index in [4.69, 9.17) is 0 Å². The number of likely N-dealkylation sites (tertiary alicyclic amines) is 1. The summed E-state index contributed by atoms with van der Waals surface area (Å²) in [6, 6.07) is 9.72. The van der Waals surface area contributed by atoms with Gasteiger partial charge in [0.1, 0.15) is 0 Å². The van der Waals surface area contributed by atoms with Gasteiger partial charge in [-0.05, 0) is 25.2 Å². The highest BCUT2D eigenvalue weighted by molar-refractivity contribution is 5.90. The molecule has 136 valence electrons. The second-order valence-corrected chi connectivity index (χ2v) is 6.70. The van der Waals surface area contributed by atoms with Gasteiger partial charge in [0.2, 0.25) is 11.8 Å². The molecular weight excluding hydrogens is 328 g/mol. The number of nitrogens with one attached hydrogen (secondary N) is 1. The van der Waals surface area contributed by atoms with Gasteiger partial charge in [0.25, 0.3) is 0 Å². The van der Waals surface area contributed by atoms with Crippen LogP contribution in [0.1, 0.15) is 32.6 Å². The summed E-state index contributed by atoms with van der Waals surface area (Å²) in [5.41, 5.74) is 1.56. The third kappa shape index (κ3) is 4.88. The van der Waals surface area contributed by atoms with E-state index in [1.54, 1.807) is 19.3 Å². The summed E-state index contributed by atoms with van der Waals surface area (Å²) in [7, 11) is 0. The fourth-order valence-corrected chi connectivity index (χ4v) is 3.22. The van der Waals surface area contributed by atoms with Crippen molar-refractivity contribution in [3.63, 3.8) is 0 Å². The molecule has 1 N–H and O–H groups in total. The van der Waals surface area contributed by atoms with E-state index in [-0.39, 0.29) is 11.8 Å². The number of hydrogen-bond donors (Lipinski definition) is 1. The molecule has 0 aliphatic carbocycles. The van der Waals surface area contributed by atoms with Crippen LogP contribution in [0.3, 0.4) is 0 Å². The Hall–Kier alpha value is -2.76. The molecule has 1 aromatic carbocycles. The molecular formula is C20H24N4O2. The van der Waals surface area contributed by atoms with Gasteiger partial charge in [-0.3, -0.25) is 9.59 Å². The number of carbonyl (C=O) groups is 2. The molecule has 6 heteroatoms. The van der Waals surface area contributed by atoms with Crippen LogP contribution in [0.4, 0.5) is 5.69 Å². The van der Waals surface area contributed by atoms with Gasteiger partial charge in [0.05, 0.1) is 18.1 Å². The lowest BCUT2D eigenvalue weighted by Crippen LogP contribution is -2.37. The maximum absolute atomic E-state index is 12.2. The molecule has 0 radical (unpaired) electrons. The van der Waals surface area contributed by atoms with E-state index in [2.05, 4.69) is 15.3 Å². The van der Waals surface area contributed by atoms with Crippen LogP contribution in [-0.4, -0.2) is 39.8 Å². The van der Waals surface area contributed by atoms with Crippen LogP contribution in [0.2, 0.25) is 0 Å². The molecule has 0 unspecified atom stereocenters. The van der Waals surface area contributed by atoms with E-state index in [0.717, 1.165) is 37.9 Å². The lowest BCUT2D eigenvalue weighted by Gasteiger charge is -2.31. The summed E-state index contributed by atoms with van der Waals surface area (Å²) in [5, 5.41) is 2.86. The first-order valence-electron chi connectivity index (χ1n) is 9.04. The third-order valence-electron chi connectivity index (χ3n) is 4.81. The van der Waals surface area contributed by atoms with Gasteiger partial charge in [-0.15, -0.1) is 0 Å². The summed E-state index contributed by atoms with van der Waals surface area (Å²) < 4.78 is 0. The van der Waals surface area contributed by atoms with Crippen molar-refractivity contribution in [2.45, 2.75) is 32.6 Å². The van der Waals surface area contributed by atoms with Crippen molar-refractivity contribution in [1.82, 2.24) is 14.9 Å². The monoisotopic (exact) mass is 352 g/mol. The summed E-state index contributed by atoms with van der Waals surface area (Å²) in [6.45, 7) is 3.21. The highest BCUT2D eigenvalue weighted by Crippen LogP contribution is 2.22. The van der Waals surface area contributed by atoms with Gasteiger partial charge in [-0.25, -0.2) is 9.97 Å². The molecule has 1 aromatic heterocycles. The van der Waals surface area contributed by atoms with Crippen molar-refractivity contribution in [2.24, 2.45) is 5.92 Å². The maximum atomic E-state index is 12.2. The van der Waals surface area contributed by atoms with E-state index < -0.39 is 0 Å². The van der Waals surface area contributed by atoms with Crippen molar-refractivity contribution in [3.8, 4) is 11.4 Å². The van der Waals surface area contributed by atoms with E-state index >= 15 is 0 Å². The Morgan fingerprint density at radius 1 is 1.12 bits per heavy atom. The molecule has 6 nitrogen and oxygen atoms in total. The first-order valence-corrected chi connectivity index (χ1v) is 9.04. The van der Waals surface area contributed by atoms with Crippen molar-refractivity contribution in [2.75, 3.05) is 18.4 Å². The third-order valence-corrected chi connectivity index (χ3v) is 4.81. The van der Waals surface area contributed by atoms with Gasteiger partial charge in [0, 0.05) is 32.0 Å². The first-order chi connectivity index (χ1) is 12.6. The zero-order chi connectivity index (χ0) is 18.4. The zero-order valence-corrected chi connectivity index (χ0v) is 15.0. The molecule has 1 aliphatic heterocycles. The molecule has 2 aromatic rings. The normalized spacial score (nSPS) is 14.9. The summed E-state index contributed by atoms with van der Waals surface area (Å²) in [6.07, 6.45) is 6.55. The molecule has 0 atom stereocenters. The highest BCUT2D eigenvalue weighted by Gasteiger charge is 2.21. The molecule has 1 aliphatic rings. The molecule has 2 heterocycles. The zero-order valence-electron chi connectivity index (χ0n) is 15.0. The summed E-state index contributed by atoms with van der Waals surface area (Å²) >= 11 is 0. The Morgan fingerprint density at radius 3 is 2.38 bits per heavy atom. The molecule has 2 amide bonds. The second-order valence-electron chi connectivity index (χ2n) is 6.70. The smallest absolute Gasteiger partial charge is 0.224 e. The molecule has 3 rings (SSSR count). The van der Waals surface area contributed by atoms with Gasteiger partial charge < -0.3 is 10.2 Å². The fraction of sp³-hybridized carbons (Fsp3) is 0.400. The Labute approximate surface area is 153 Å². The Bertz CT molecular complexity index is 738. The number of benzene rings is 1. The van der Waals surface area contributed by atoms with E-state index in [1.807, 2.05) is 35.2 Å². The van der Waals surface area contributed by atoms with Crippen LogP contribution in [0.25, 0.3) is 11.4 Å². The van der Waals surface area contributed by atoms with Gasteiger partial charge in [-0.1, -0.05) is 30.3 Å². The number of aromatic nitrogens is 2. The lowest BCUT2D eigenvalue weighted by atomic mass is 9.92. The number of rotatable bonds is 5. The van der Waals surface area contributed by atoms with Crippen LogP contribution < -0.4 is 5.32 Å². The van der Waals surface area contributed by atoms with Crippen molar-refractivity contribution < 1.29 is 9.59 Å². The fourth-order valence-electron chi connectivity index (χ4n) is 3.22. The number of anilines is 1. The maximum Gasteiger partial charge on any atom is 0.224 e. The topological polar surface area (TPSA) is 75.2 Å². The predicted molar refractivity (Wildman–Crippen MR) is 100 cm³/mol. The van der Waals surface area contributed by atoms with Crippen LogP contribution in [0, 0.1) is 5.92 Å². The highest BCUT2D eigenvalue weighted by atomic mass is 16.2. The minimum absolute atomic E-state index is 0.0185. The van der Waals surface area contributed by atoms with E-state index in [0.29, 0.717) is 23.9 Å². The minimum atomic E-state index is -0.0185. The van der Waals surface area contributed by atoms with Crippen molar-refractivity contribution in [3.05, 3.63) is 42.7 Å². The van der Waals surface area contributed by atoms with Gasteiger partial charge >= 0.3 is 0 Å². The standard InChI is InChI=1S/C20H24N4O2/c1-15(25)24-11-9-16(10-12-24)7-8-19(26)23-18-13-21-20(22-14-18)17-5-3-2-4-6-17/h2-6,13-14,16H,7-12H2,1H3,(H,23,26). The first kappa shape index (κ1) is 18.0. The van der Waals surface area contributed by atoms with Crippen LogP contribution >= 0.6 is 0 Å². The number of piperidine rings is 1. The summed E-state index contributed by atoms with van der Waals surface area (Å²) in [4.78, 5) is 34.0. The number of nitrogens with zero attached hydrogens (tertiary/aromatic N) is 3. The average molecular weight is 352 g/mol. The predicted octanol–water partition coefficient (Wildman–Crippen LogP) is 3.12. The van der Waals surface area contributed by atoms with Crippen LogP contribution in [-0.2, 0) is 9.59 Å². The molecule has 0 spiro atoms. The Kier molecular flexibility index (Phi) is 5.94. The number of amides is 2. The molecule has 26 heavy (non-hydrogen) atoms. The van der Waals surface area contributed by atoms with Crippen molar-refractivity contribution >= 4 is 17.5 Å². The Balaban J connectivity index is 1.44. The van der Waals surface area contributed by atoms with Crippen LogP contribution in [0.5, 0.6) is 0 Å². The SMILES string of the molecule is CC(=O)N1CCC(CCC(=O)Nc2cnc(-c3ccccc3)nc2)CC1. The number of carbonyl (C=O) groups excluding carboxylic acids is 2. The molecule has 1 saturated heterocycles. The second kappa shape index (κ2) is 8.56. The lowest BCUT2D eigenvalue weighted by molar-refractivity contribution is -0.130. The van der Waals surface area contributed by atoms with Gasteiger partial charge in [-0.2, -0.15) is 0 Å². The quantitative estimate of drug-likeness (QED) is 0.897. The molecule has 1 fully saturated rings. The Morgan fingerprint density at radius 2 is 1.77 bits per heavy atom. The van der Waals surface area contributed by atoms with Gasteiger partial charge in [0.15, 0.2) is 5.82 Å². The largest absolute Gasteiger partial charge is 0.343 e.